The molecule has 0 saturated carbocycles. The monoisotopic (exact) mass is 220 g/mol. The number of piperidine rings is 1. The quantitative estimate of drug-likeness (QED) is 0.719. The Balaban J connectivity index is 2.37. The van der Waals surface area contributed by atoms with Gasteiger partial charge in [0.25, 0.3) is 0 Å². The first-order valence-electron chi connectivity index (χ1n) is 6.05. The lowest BCUT2D eigenvalue weighted by Gasteiger charge is -2.47. The van der Waals surface area contributed by atoms with Gasteiger partial charge >= 0.3 is 0 Å². The molecule has 1 aliphatic heterocycles. The van der Waals surface area contributed by atoms with Crippen LogP contribution in [0.25, 0.3) is 0 Å². The highest BCUT2D eigenvalue weighted by atomic mass is 16.3. The molecule has 0 bridgehead atoms. The van der Waals surface area contributed by atoms with Crippen molar-refractivity contribution in [3.05, 3.63) is 35.9 Å². The van der Waals surface area contributed by atoms with Crippen molar-refractivity contribution in [3.63, 3.8) is 0 Å². The van der Waals surface area contributed by atoms with E-state index in [1.54, 1.807) is 0 Å². The van der Waals surface area contributed by atoms with Crippen LogP contribution >= 0.6 is 0 Å². The van der Waals surface area contributed by atoms with E-state index in [-0.39, 0.29) is 5.41 Å². The predicted molar refractivity (Wildman–Crippen MR) is 65.4 cm³/mol. The smallest absolute Gasteiger partial charge is 0.105 e. The van der Waals surface area contributed by atoms with Crippen molar-refractivity contribution in [2.24, 2.45) is 5.41 Å². The third-order valence-corrected chi connectivity index (χ3v) is 4.03. The molecule has 0 aromatic heterocycles. The lowest BCUT2D eigenvalue weighted by Crippen LogP contribution is -3.12. The Labute approximate surface area is 97.9 Å². The van der Waals surface area contributed by atoms with Gasteiger partial charge in [-0.2, -0.15) is 0 Å². The lowest BCUT2D eigenvalue weighted by molar-refractivity contribution is -0.896. The summed E-state index contributed by atoms with van der Waals surface area (Å²) >= 11 is 0. The normalized spacial score (nSPS) is 33.6. The number of rotatable bonds is 1. The predicted octanol–water partition coefficient (Wildman–Crippen LogP) is 0.819. The largest absolute Gasteiger partial charge is 0.384 e. The molecule has 16 heavy (non-hydrogen) atoms. The van der Waals surface area contributed by atoms with Gasteiger partial charge in [0.1, 0.15) is 5.60 Å². The highest BCUT2D eigenvalue weighted by Gasteiger charge is 2.50. The van der Waals surface area contributed by atoms with Crippen molar-refractivity contribution in [1.82, 2.24) is 0 Å². The second-order valence-corrected chi connectivity index (χ2v) is 5.74. The van der Waals surface area contributed by atoms with Gasteiger partial charge in [-0.25, -0.2) is 0 Å². The maximum Gasteiger partial charge on any atom is 0.105 e. The van der Waals surface area contributed by atoms with Gasteiger partial charge in [-0.3, -0.25) is 0 Å². The first kappa shape index (κ1) is 11.6. The van der Waals surface area contributed by atoms with Crippen molar-refractivity contribution in [2.45, 2.75) is 25.9 Å². The van der Waals surface area contributed by atoms with Crippen LogP contribution in [0.4, 0.5) is 0 Å². The van der Waals surface area contributed by atoms with Crippen LogP contribution in [-0.2, 0) is 5.60 Å². The Morgan fingerprint density at radius 2 is 1.81 bits per heavy atom. The summed E-state index contributed by atoms with van der Waals surface area (Å²) in [5, 5.41) is 11.0. The van der Waals surface area contributed by atoms with Gasteiger partial charge in [0.2, 0.25) is 0 Å². The molecular formula is C14H22NO+. The molecule has 1 heterocycles. The Kier molecular flexibility index (Phi) is 2.81. The van der Waals surface area contributed by atoms with E-state index >= 15 is 0 Å². The van der Waals surface area contributed by atoms with Crippen molar-refractivity contribution in [1.29, 1.82) is 0 Å². The molecule has 88 valence electrons. The summed E-state index contributed by atoms with van der Waals surface area (Å²) in [7, 11) is 2.20. The zero-order valence-electron chi connectivity index (χ0n) is 10.5. The maximum absolute atomic E-state index is 11.0. The SMILES string of the molecule is C[NH+]1CC[C@](O)(c2ccccc2)C(C)(C)C1. The highest BCUT2D eigenvalue weighted by molar-refractivity contribution is 5.25. The van der Waals surface area contributed by atoms with Crippen LogP contribution in [0.2, 0.25) is 0 Å². The summed E-state index contributed by atoms with van der Waals surface area (Å²) in [6.45, 7) is 6.39. The molecular weight excluding hydrogens is 198 g/mol. The highest BCUT2D eigenvalue weighted by Crippen LogP contribution is 2.42. The van der Waals surface area contributed by atoms with E-state index < -0.39 is 5.60 Å². The second-order valence-electron chi connectivity index (χ2n) is 5.74. The van der Waals surface area contributed by atoms with Crippen molar-refractivity contribution >= 4 is 0 Å². The average Bonchev–Trinajstić information content (AvgIpc) is 2.25. The molecule has 1 unspecified atom stereocenters. The van der Waals surface area contributed by atoms with E-state index in [0.717, 1.165) is 25.1 Å². The maximum atomic E-state index is 11.0. The Morgan fingerprint density at radius 3 is 2.38 bits per heavy atom. The summed E-state index contributed by atoms with van der Waals surface area (Å²) in [5.41, 5.74) is 0.317. The Hall–Kier alpha value is -0.860. The first-order valence-corrected chi connectivity index (χ1v) is 6.05. The summed E-state index contributed by atoms with van der Waals surface area (Å²) in [5.74, 6) is 0. The molecule has 1 saturated heterocycles. The molecule has 2 rings (SSSR count). The van der Waals surface area contributed by atoms with E-state index in [1.807, 2.05) is 30.3 Å². The zero-order chi connectivity index (χ0) is 11.8. The van der Waals surface area contributed by atoms with Crippen LogP contribution in [-0.4, -0.2) is 25.2 Å². The van der Waals surface area contributed by atoms with Gasteiger partial charge in [0, 0.05) is 11.8 Å². The van der Waals surface area contributed by atoms with Crippen LogP contribution in [0, 0.1) is 5.41 Å². The van der Waals surface area contributed by atoms with Crippen LogP contribution in [0.1, 0.15) is 25.8 Å². The van der Waals surface area contributed by atoms with E-state index in [4.69, 9.17) is 0 Å². The van der Waals surface area contributed by atoms with Crippen LogP contribution < -0.4 is 4.90 Å². The third kappa shape index (κ3) is 1.76. The van der Waals surface area contributed by atoms with Gasteiger partial charge in [-0.05, 0) is 5.56 Å². The number of quaternary nitrogens is 1. The summed E-state index contributed by atoms with van der Waals surface area (Å²) in [6.07, 6.45) is 0.843. The summed E-state index contributed by atoms with van der Waals surface area (Å²) < 4.78 is 0. The van der Waals surface area contributed by atoms with E-state index in [0.29, 0.717) is 0 Å². The minimum absolute atomic E-state index is 0.0727. The van der Waals surface area contributed by atoms with Crippen molar-refractivity contribution < 1.29 is 10.0 Å². The molecule has 2 N–H and O–H groups in total. The average molecular weight is 220 g/mol. The molecule has 0 aliphatic carbocycles. The number of nitrogens with one attached hydrogen (secondary N) is 1. The molecule has 1 aromatic rings. The molecule has 1 aromatic carbocycles. The first-order chi connectivity index (χ1) is 7.46. The third-order valence-electron chi connectivity index (χ3n) is 4.03. The lowest BCUT2D eigenvalue weighted by atomic mass is 9.66. The van der Waals surface area contributed by atoms with Gasteiger partial charge < -0.3 is 10.0 Å². The van der Waals surface area contributed by atoms with E-state index in [1.165, 1.54) is 4.90 Å². The van der Waals surface area contributed by atoms with E-state index in [2.05, 4.69) is 20.9 Å². The fraction of sp³-hybridized carbons (Fsp3) is 0.571. The molecule has 1 fully saturated rings. The van der Waals surface area contributed by atoms with Crippen LogP contribution in [0.5, 0.6) is 0 Å². The number of benzene rings is 1. The van der Waals surface area contributed by atoms with Gasteiger partial charge in [0.15, 0.2) is 0 Å². The fourth-order valence-electron chi connectivity index (χ4n) is 2.97. The summed E-state index contributed by atoms with van der Waals surface area (Å²) in [4.78, 5) is 1.51. The number of aliphatic hydroxyl groups is 1. The fourth-order valence-corrected chi connectivity index (χ4v) is 2.97. The second kappa shape index (κ2) is 3.86. The summed E-state index contributed by atoms with van der Waals surface area (Å²) in [6, 6.07) is 10.1. The minimum atomic E-state index is -0.673. The van der Waals surface area contributed by atoms with Crippen LogP contribution in [0.15, 0.2) is 30.3 Å². The van der Waals surface area contributed by atoms with Gasteiger partial charge in [-0.15, -0.1) is 0 Å². The molecule has 0 radical (unpaired) electrons. The Morgan fingerprint density at radius 1 is 1.19 bits per heavy atom. The van der Waals surface area contributed by atoms with Crippen molar-refractivity contribution in [2.75, 3.05) is 20.1 Å². The molecule has 2 heteroatoms. The number of hydrogen-bond donors (Lipinski definition) is 2. The van der Waals surface area contributed by atoms with Crippen molar-refractivity contribution in [3.8, 4) is 0 Å². The number of likely N-dealkylation sites (tertiary alicyclic amines) is 1. The molecule has 0 spiro atoms. The molecule has 1 aliphatic rings. The van der Waals surface area contributed by atoms with Gasteiger partial charge in [-0.1, -0.05) is 44.2 Å². The van der Waals surface area contributed by atoms with E-state index in [9.17, 15) is 5.11 Å². The molecule has 2 nitrogen and oxygen atoms in total. The van der Waals surface area contributed by atoms with Gasteiger partial charge in [0.05, 0.1) is 20.1 Å². The molecule has 2 atom stereocenters. The Bertz CT molecular complexity index is 360. The minimum Gasteiger partial charge on any atom is -0.384 e. The number of hydrogen-bond acceptors (Lipinski definition) is 1. The standard InChI is InChI=1S/C14H21NO/c1-13(2)11-15(3)10-9-14(13,16)12-7-5-4-6-8-12/h4-8,16H,9-11H2,1-3H3/p+1/t14-/m0/s1. The van der Waals surface area contributed by atoms with Crippen LogP contribution in [0.3, 0.4) is 0 Å². The topological polar surface area (TPSA) is 24.7 Å². The zero-order valence-corrected chi connectivity index (χ0v) is 10.5. The molecule has 0 amide bonds.